The number of esters is 2. The third-order valence-corrected chi connectivity index (χ3v) is 7.87. The molecule has 0 bridgehead atoms. The summed E-state index contributed by atoms with van der Waals surface area (Å²) in [4.78, 5) is 27.9. The Bertz CT molecular complexity index is 1140. The van der Waals surface area contributed by atoms with Crippen molar-refractivity contribution in [2.45, 2.75) is 18.2 Å². The van der Waals surface area contributed by atoms with Crippen LogP contribution in [-0.4, -0.2) is 42.1 Å². The zero-order valence-corrected chi connectivity index (χ0v) is 20.2. The van der Waals surface area contributed by atoms with Gasteiger partial charge in [-0.1, -0.05) is 42.1 Å². The molecule has 0 fully saturated rings. The van der Waals surface area contributed by atoms with Crippen molar-refractivity contribution in [1.29, 1.82) is 0 Å². The van der Waals surface area contributed by atoms with Crippen LogP contribution in [0.25, 0.3) is 0 Å². The Labute approximate surface area is 200 Å². The molecule has 0 amide bonds. The summed E-state index contributed by atoms with van der Waals surface area (Å²) in [7, 11) is 2.89. The van der Waals surface area contributed by atoms with Crippen molar-refractivity contribution in [1.82, 2.24) is 0 Å². The van der Waals surface area contributed by atoms with Crippen molar-refractivity contribution in [3.63, 3.8) is 0 Å². The van der Waals surface area contributed by atoms with Gasteiger partial charge in [0.2, 0.25) is 9.37 Å². The summed E-state index contributed by atoms with van der Waals surface area (Å²) in [6.07, 6.45) is 0. The van der Waals surface area contributed by atoms with Crippen LogP contribution in [0.3, 0.4) is 0 Å². The number of nitrogens with zero attached hydrogens (tertiary/aromatic N) is 3. The molecule has 2 aliphatic heterocycles. The van der Waals surface area contributed by atoms with Gasteiger partial charge in [-0.05, 0) is 49.9 Å². The smallest absolute Gasteiger partial charge is 0.365 e. The van der Waals surface area contributed by atoms with Crippen LogP contribution in [0, 0.1) is 0 Å². The third-order valence-electron chi connectivity index (χ3n) is 5.02. The highest BCUT2D eigenvalue weighted by molar-refractivity contribution is 8.29. The van der Waals surface area contributed by atoms with Gasteiger partial charge in [-0.15, -0.1) is 0 Å². The molecular formula is C23H23N3O5S2. The number of benzene rings is 2. The van der Waals surface area contributed by atoms with E-state index >= 15 is 0 Å². The molecule has 0 aromatic heterocycles. The molecular weight excluding hydrogens is 462 g/mol. The molecule has 2 heterocycles. The van der Waals surface area contributed by atoms with Gasteiger partial charge >= 0.3 is 11.9 Å². The maximum absolute atomic E-state index is 12.9. The molecule has 4 rings (SSSR count). The molecule has 2 aromatic rings. The first-order valence-electron chi connectivity index (χ1n) is 10.2. The molecule has 172 valence electrons. The molecule has 33 heavy (non-hydrogen) atoms. The zero-order valence-electron chi connectivity index (χ0n) is 18.6. The van der Waals surface area contributed by atoms with E-state index in [1.165, 1.54) is 30.6 Å². The average Bonchev–Trinajstić information content (AvgIpc) is 3.36. The highest BCUT2D eigenvalue weighted by Crippen LogP contribution is 2.61. The minimum absolute atomic E-state index is 0.162. The number of rotatable bonds is 6. The van der Waals surface area contributed by atoms with E-state index in [1.807, 2.05) is 66.4 Å². The predicted molar refractivity (Wildman–Crippen MR) is 131 cm³/mol. The number of thioether (sulfide) groups is 2. The number of para-hydroxylation sites is 3. The topological polar surface area (TPSA) is 80.7 Å². The number of hydrazone groups is 1. The van der Waals surface area contributed by atoms with E-state index in [9.17, 15) is 9.59 Å². The fourth-order valence-corrected chi connectivity index (χ4v) is 6.57. The number of anilines is 2. The number of allylic oxidation sites excluding steroid dienone is 1. The number of carbonyl (C=O) groups is 2. The predicted octanol–water partition coefficient (Wildman–Crippen LogP) is 4.39. The van der Waals surface area contributed by atoms with Crippen LogP contribution >= 0.6 is 23.5 Å². The number of hydrogen-bond acceptors (Lipinski definition) is 10. The van der Waals surface area contributed by atoms with Gasteiger partial charge in [0.05, 0.1) is 20.8 Å². The molecule has 0 N–H and O–H groups in total. The van der Waals surface area contributed by atoms with Crippen LogP contribution in [0.15, 0.2) is 70.3 Å². The van der Waals surface area contributed by atoms with E-state index in [1.54, 1.807) is 19.0 Å². The lowest BCUT2D eigenvalue weighted by molar-refractivity contribution is -0.137. The number of methoxy groups -OCH3 is 2. The minimum Gasteiger partial charge on any atom is -0.495 e. The summed E-state index contributed by atoms with van der Waals surface area (Å²) in [5, 5.41) is 6.51. The number of ether oxygens (including phenoxy) is 3. The normalized spacial score (nSPS) is 19.7. The molecule has 2 aromatic carbocycles. The second kappa shape index (κ2) is 9.40. The van der Waals surface area contributed by atoms with Crippen molar-refractivity contribution in [2.75, 3.05) is 30.7 Å². The third kappa shape index (κ3) is 3.93. The largest absolute Gasteiger partial charge is 0.495 e. The van der Waals surface area contributed by atoms with Crippen molar-refractivity contribution in [2.24, 2.45) is 5.10 Å². The van der Waals surface area contributed by atoms with Crippen molar-refractivity contribution in [3.8, 4) is 5.75 Å². The lowest BCUT2D eigenvalue weighted by Gasteiger charge is -2.41. The standard InChI is InChI=1S/C23H23N3O5S2/c1-5-31-21(27)19-15(2)25(16-11-7-6-8-12-16)23(32-19)26(24-20(33-23)22(28)30-4)17-13-9-10-14-18(17)29-3/h6-14H,5H2,1-4H3/t23-/m0/s1. The fraction of sp³-hybridized carbons (Fsp3) is 0.261. The fourth-order valence-electron chi connectivity index (χ4n) is 3.61. The van der Waals surface area contributed by atoms with Crippen LogP contribution in [0.4, 0.5) is 11.4 Å². The molecule has 0 unspecified atom stereocenters. The van der Waals surface area contributed by atoms with E-state index in [0.717, 1.165) is 5.69 Å². The Morgan fingerprint density at radius 1 is 1.00 bits per heavy atom. The van der Waals surface area contributed by atoms with E-state index in [-0.39, 0.29) is 11.7 Å². The molecule has 0 saturated carbocycles. The molecule has 0 radical (unpaired) electrons. The quantitative estimate of drug-likeness (QED) is 0.553. The first-order chi connectivity index (χ1) is 16.0. The van der Waals surface area contributed by atoms with E-state index in [2.05, 4.69) is 5.10 Å². The van der Waals surface area contributed by atoms with Gasteiger partial charge in [0.25, 0.3) is 0 Å². The Morgan fingerprint density at radius 3 is 2.36 bits per heavy atom. The van der Waals surface area contributed by atoms with Crippen LogP contribution in [0.1, 0.15) is 13.8 Å². The minimum atomic E-state index is -1.06. The van der Waals surface area contributed by atoms with E-state index in [0.29, 0.717) is 22.0 Å². The van der Waals surface area contributed by atoms with Crippen LogP contribution in [0.5, 0.6) is 5.75 Å². The van der Waals surface area contributed by atoms with Crippen LogP contribution in [0.2, 0.25) is 0 Å². The SMILES string of the molecule is CCOC(=O)C1=C(C)N(c2ccccc2)[C@@]2(SC(C(=O)OC)=NN2c2ccccc2OC)S1. The van der Waals surface area contributed by atoms with E-state index in [4.69, 9.17) is 14.2 Å². The highest BCUT2D eigenvalue weighted by atomic mass is 32.2. The first-order valence-corrected chi connectivity index (χ1v) is 11.8. The molecule has 0 aliphatic carbocycles. The van der Waals surface area contributed by atoms with Gasteiger partial charge in [0.1, 0.15) is 16.3 Å². The molecule has 0 saturated heterocycles. The summed E-state index contributed by atoms with van der Waals surface area (Å²) >= 11 is 2.48. The van der Waals surface area contributed by atoms with Gasteiger partial charge in [-0.3, -0.25) is 0 Å². The first kappa shape index (κ1) is 23.1. The summed E-state index contributed by atoms with van der Waals surface area (Å²) in [5.74, 6) is -0.416. The maximum Gasteiger partial charge on any atom is 0.365 e. The van der Waals surface area contributed by atoms with Gasteiger partial charge in [-0.2, -0.15) is 5.10 Å². The Hall–Kier alpha value is -3.11. The molecule has 10 heteroatoms. The highest BCUT2D eigenvalue weighted by Gasteiger charge is 2.59. The van der Waals surface area contributed by atoms with Crippen molar-refractivity contribution >= 4 is 51.9 Å². The molecule has 8 nitrogen and oxygen atoms in total. The Morgan fingerprint density at radius 2 is 1.70 bits per heavy atom. The van der Waals surface area contributed by atoms with Gasteiger partial charge in [-0.25, -0.2) is 14.6 Å². The zero-order chi connectivity index (χ0) is 23.6. The summed E-state index contributed by atoms with van der Waals surface area (Å²) in [6.45, 7) is 3.88. The molecule has 2 aliphatic rings. The van der Waals surface area contributed by atoms with Gasteiger partial charge in [0, 0.05) is 11.4 Å². The monoisotopic (exact) mass is 485 g/mol. The summed E-state index contributed by atoms with van der Waals surface area (Å²) in [6, 6.07) is 17.0. The van der Waals surface area contributed by atoms with Crippen molar-refractivity contribution in [3.05, 3.63) is 65.2 Å². The van der Waals surface area contributed by atoms with Gasteiger partial charge < -0.3 is 19.1 Å². The van der Waals surface area contributed by atoms with Gasteiger partial charge in [0.15, 0.2) is 0 Å². The molecule has 1 atom stereocenters. The van der Waals surface area contributed by atoms with Crippen molar-refractivity contribution < 1.29 is 23.8 Å². The summed E-state index contributed by atoms with van der Waals surface area (Å²) < 4.78 is 14.8. The average molecular weight is 486 g/mol. The van der Waals surface area contributed by atoms with E-state index < -0.39 is 16.3 Å². The molecule has 1 spiro atoms. The lowest BCUT2D eigenvalue weighted by Crippen LogP contribution is -2.49. The van der Waals surface area contributed by atoms with Crippen LogP contribution < -0.4 is 14.6 Å². The lowest BCUT2D eigenvalue weighted by atomic mass is 10.2. The number of hydrogen-bond donors (Lipinski definition) is 0. The Kier molecular flexibility index (Phi) is 6.57. The maximum atomic E-state index is 12.9. The number of carbonyl (C=O) groups excluding carboxylic acids is 2. The van der Waals surface area contributed by atoms with Crippen LogP contribution in [-0.2, 0) is 19.1 Å². The summed E-state index contributed by atoms with van der Waals surface area (Å²) in [5.41, 5.74) is 2.16. The second-order valence-electron chi connectivity index (χ2n) is 6.94. The second-order valence-corrected chi connectivity index (χ2v) is 9.54. The Balaban J connectivity index is 1.93.